The lowest BCUT2D eigenvalue weighted by molar-refractivity contribution is 0.166. The van der Waals surface area contributed by atoms with Crippen molar-refractivity contribution < 1.29 is 9.90 Å². The molecule has 2 aliphatic rings. The molecule has 0 aromatic carbocycles. The molecule has 0 saturated carbocycles. The summed E-state index contributed by atoms with van der Waals surface area (Å²) in [6.07, 6.45) is 8.72. The van der Waals surface area contributed by atoms with Gasteiger partial charge in [-0.25, -0.2) is 4.79 Å². The highest BCUT2D eigenvalue weighted by molar-refractivity contribution is 5.67. The Balaban J connectivity index is 1.99. The average Bonchev–Trinajstić information content (AvgIpc) is 2.30. The lowest BCUT2D eigenvalue weighted by atomic mass is 9.91. The van der Waals surface area contributed by atoms with Crippen molar-refractivity contribution in [2.45, 2.75) is 12.8 Å². The molecule has 1 N–H and O–H groups in total. The first kappa shape index (κ1) is 9.96. The first-order chi connectivity index (χ1) is 7.27. The zero-order valence-corrected chi connectivity index (χ0v) is 8.47. The fourth-order valence-electron chi connectivity index (χ4n) is 1.89. The van der Waals surface area contributed by atoms with Gasteiger partial charge in [0.15, 0.2) is 0 Å². The quantitative estimate of drug-likeness (QED) is 0.712. The minimum atomic E-state index is -0.900. The molecule has 0 bridgehead atoms. The SMILES string of the molecule is O=C(O)N1C=CC(C2CCC=NC2)=CC1. The fraction of sp³-hybridized carbons (Fsp3) is 0.455. The maximum atomic E-state index is 10.7. The van der Waals surface area contributed by atoms with Gasteiger partial charge in [-0.15, -0.1) is 0 Å². The van der Waals surface area contributed by atoms with Crippen molar-refractivity contribution in [3.8, 4) is 0 Å². The predicted octanol–water partition coefficient (Wildman–Crippen LogP) is 1.90. The van der Waals surface area contributed by atoms with Crippen LogP contribution in [0, 0.1) is 5.92 Å². The summed E-state index contributed by atoms with van der Waals surface area (Å²) in [7, 11) is 0. The van der Waals surface area contributed by atoms with Crippen LogP contribution in [-0.4, -0.2) is 35.4 Å². The molecular formula is C11H14N2O2. The van der Waals surface area contributed by atoms with Crippen LogP contribution in [0.15, 0.2) is 28.9 Å². The molecule has 0 spiro atoms. The van der Waals surface area contributed by atoms with Gasteiger partial charge >= 0.3 is 6.09 Å². The number of amides is 1. The van der Waals surface area contributed by atoms with Crippen LogP contribution in [0.25, 0.3) is 0 Å². The Labute approximate surface area is 88.6 Å². The van der Waals surface area contributed by atoms with Gasteiger partial charge in [-0.05, 0) is 30.7 Å². The Kier molecular flexibility index (Phi) is 2.85. The Morgan fingerprint density at radius 2 is 2.47 bits per heavy atom. The highest BCUT2D eigenvalue weighted by Gasteiger charge is 2.18. The standard InChI is InChI=1S/C11H14N2O2/c14-11(15)13-6-3-9(4-7-13)10-2-1-5-12-8-10/h3-6,10H,1-2,7-8H2,(H,14,15). The van der Waals surface area contributed by atoms with Crippen LogP contribution < -0.4 is 0 Å². The minimum Gasteiger partial charge on any atom is -0.465 e. The zero-order valence-electron chi connectivity index (χ0n) is 8.47. The van der Waals surface area contributed by atoms with E-state index in [2.05, 4.69) is 4.99 Å². The molecule has 1 amide bonds. The Hall–Kier alpha value is -1.58. The molecule has 4 heteroatoms. The fourth-order valence-corrected chi connectivity index (χ4v) is 1.89. The molecular weight excluding hydrogens is 192 g/mol. The van der Waals surface area contributed by atoms with E-state index in [1.54, 1.807) is 6.20 Å². The third-order valence-corrected chi connectivity index (χ3v) is 2.79. The monoisotopic (exact) mass is 206 g/mol. The van der Waals surface area contributed by atoms with E-state index in [4.69, 9.17) is 5.11 Å². The number of carbonyl (C=O) groups is 1. The van der Waals surface area contributed by atoms with Crippen molar-refractivity contribution in [2.24, 2.45) is 10.9 Å². The maximum Gasteiger partial charge on any atom is 0.411 e. The van der Waals surface area contributed by atoms with Crippen LogP contribution in [0.5, 0.6) is 0 Å². The molecule has 1 atom stereocenters. The van der Waals surface area contributed by atoms with E-state index < -0.39 is 6.09 Å². The van der Waals surface area contributed by atoms with Crippen molar-refractivity contribution in [2.75, 3.05) is 13.1 Å². The molecule has 0 fully saturated rings. The number of allylic oxidation sites excluding steroid dienone is 1. The van der Waals surface area contributed by atoms with Crippen LogP contribution in [-0.2, 0) is 0 Å². The van der Waals surface area contributed by atoms with Crippen molar-refractivity contribution in [3.63, 3.8) is 0 Å². The summed E-state index contributed by atoms with van der Waals surface area (Å²) >= 11 is 0. The summed E-state index contributed by atoms with van der Waals surface area (Å²) in [6, 6.07) is 0. The van der Waals surface area contributed by atoms with Gasteiger partial charge < -0.3 is 5.11 Å². The predicted molar refractivity (Wildman–Crippen MR) is 58.0 cm³/mol. The van der Waals surface area contributed by atoms with Crippen molar-refractivity contribution in [1.82, 2.24) is 4.90 Å². The van der Waals surface area contributed by atoms with Gasteiger partial charge in [0.2, 0.25) is 0 Å². The lowest BCUT2D eigenvalue weighted by Gasteiger charge is -2.23. The summed E-state index contributed by atoms with van der Waals surface area (Å²) in [6.45, 7) is 1.30. The van der Waals surface area contributed by atoms with Crippen LogP contribution in [0.2, 0.25) is 0 Å². The molecule has 0 aromatic rings. The van der Waals surface area contributed by atoms with E-state index in [1.807, 2.05) is 18.4 Å². The zero-order chi connectivity index (χ0) is 10.7. The topological polar surface area (TPSA) is 52.9 Å². The first-order valence-electron chi connectivity index (χ1n) is 5.13. The van der Waals surface area contributed by atoms with Crippen molar-refractivity contribution in [3.05, 3.63) is 23.9 Å². The summed E-state index contributed by atoms with van der Waals surface area (Å²) < 4.78 is 0. The average molecular weight is 206 g/mol. The number of hydrogen-bond acceptors (Lipinski definition) is 2. The maximum absolute atomic E-state index is 10.7. The first-order valence-corrected chi connectivity index (χ1v) is 5.13. The van der Waals surface area contributed by atoms with Gasteiger partial charge in [0.1, 0.15) is 0 Å². The summed E-state index contributed by atoms with van der Waals surface area (Å²) in [5.41, 5.74) is 1.23. The molecule has 2 rings (SSSR count). The van der Waals surface area contributed by atoms with E-state index >= 15 is 0 Å². The van der Waals surface area contributed by atoms with E-state index in [0.717, 1.165) is 19.4 Å². The largest absolute Gasteiger partial charge is 0.465 e. The van der Waals surface area contributed by atoms with Crippen LogP contribution in [0.4, 0.5) is 4.79 Å². The molecule has 2 heterocycles. The molecule has 1 unspecified atom stereocenters. The smallest absolute Gasteiger partial charge is 0.411 e. The lowest BCUT2D eigenvalue weighted by Crippen LogP contribution is -2.27. The van der Waals surface area contributed by atoms with Gasteiger partial charge in [-0.1, -0.05) is 6.08 Å². The number of rotatable bonds is 1. The molecule has 80 valence electrons. The summed E-state index contributed by atoms with van der Waals surface area (Å²) in [4.78, 5) is 16.2. The summed E-state index contributed by atoms with van der Waals surface area (Å²) in [5.74, 6) is 0.474. The Bertz CT molecular complexity index is 344. The van der Waals surface area contributed by atoms with Crippen LogP contribution in [0.1, 0.15) is 12.8 Å². The third-order valence-electron chi connectivity index (χ3n) is 2.79. The molecule has 0 radical (unpaired) electrons. The molecule has 0 saturated heterocycles. The minimum absolute atomic E-state index is 0.460. The van der Waals surface area contributed by atoms with Gasteiger partial charge in [-0.2, -0.15) is 0 Å². The van der Waals surface area contributed by atoms with E-state index in [0.29, 0.717) is 12.5 Å². The number of hydrogen-bond donors (Lipinski definition) is 1. The van der Waals surface area contributed by atoms with Gasteiger partial charge in [0, 0.05) is 25.2 Å². The molecule has 15 heavy (non-hydrogen) atoms. The van der Waals surface area contributed by atoms with Crippen molar-refractivity contribution in [1.29, 1.82) is 0 Å². The molecule has 0 aromatic heterocycles. The third kappa shape index (κ3) is 2.26. The second-order valence-electron chi connectivity index (χ2n) is 3.78. The highest BCUT2D eigenvalue weighted by Crippen LogP contribution is 2.23. The van der Waals surface area contributed by atoms with Gasteiger partial charge in [-0.3, -0.25) is 9.89 Å². The number of nitrogens with zero attached hydrogens (tertiary/aromatic N) is 2. The molecule has 0 aliphatic carbocycles. The van der Waals surface area contributed by atoms with Crippen LogP contribution in [0.3, 0.4) is 0 Å². The van der Waals surface area contributed by atoms with Crippen molar-refractivity contribution >= 4 is 12.3 Å². The Morgan fingerprint density at radius 1 is 1.60 bits per heavy atom. The second-order valence-corrected chi connectivity index (χ2v) is 3.78. The summed E-state index contributed by atoms with van der Waals surface area (Å²) in [5, 5.41) is 8.76. The Morgan fingerprint density at radius 3 is 3.00 bits per heavy atom. The normalized spacial score (nSPS) is 25.2. The van der Waals surface area contributed by atoms with E-state index in [9.17, 15) is 4.79 Å². The second kappa shape index (κ2) is 4.29. The van der Waals surface area contributed by atoms with E-state index in [1.165, 1.54) is 10.5 Å². The molecule has 2 aliphatic heterocycles. The highest BCUT2D eigenvalue weighted by atomic mass is 16.4. The van der Waals surface area contributed by atoms with Gasteiger partial charge in [0.05, 0.1) is 0 Å². The van der Waals surface area contributed by atoms with E-state index in [-0.39, 0.29) is 0 Å². The number of aliphatic imine (C=N–C) groups is 1. The number of carboxylic acid groups (broad SMARTS) is 1. The van der Waals surface area contributed by atoms with Gasteiger partial charge in [0.25, 0.3) is 0 Å². The molecule has 4 nitrogen and oxygen atoms in total. The van der Waals surface area contributed by atoms with Crippen LogP contribution >= 0.6 is 0 Å².